The Morgan fingerprint density at radius 3 is 2.82 bits per heavy atom. The average molecular weight is 304 g/mol. The molecule has 0 fully saturated rings. The molecule has 1 aliphatic rings. The zero-order valence-electron chi connectivity index (χ0n) is 11.6. The second kappa shape index (κ2) is 6.01. The van der Waals surface area contributed by atoms with Gasteiger partial charge >= 0.3 is 6.03 Å². The normalized spacial score (nSPS) is 16.4. The number of carbonyl (C=O) groups excluding carboxylic acids is 1. The molecule has 1 heterocycles. The van der Waals surface area contributed by atoms with Crippen molar-refractivity contribution < 1.29 is 18.3 Å². The molecule has 3 rings (SSSR count). The van der Waals surface area contributed by atoms with Gasteiger partial charge in [-0.05, 0) is 30.2 Å². The van der Waals surface area contributed by atoms with Crippen molar-refractivity contribution in [3.63, 3.8) is 0 Å². The van der Waals surface area contributed by atoms with E-state index in [1.54, 1.807) is 0 Å². The van der Waals surface area contributed by atoms with Gasteiger partial charge in [0.1, 0.15) is 24.0 Å². The average Bonchev–Trinajstić information content (AvgIpc) is 2.50. The number of ether oxygens (including phenoxy) is 1. The second-order valence-corrected chi connectivity index (χ2v) is 5.04. The van der Waals surface area contributed by atoms with Gasteiger partial charge in [0.15, 0.2) is 0 Å². The first kappa shape index (κ1) is 14.3. The van der Waals surface area contributed by atoms with Crippen molar-refractivity contribution in [2.75, 3.05) is 11.9 Å². The molecule has 0 aliphatic carbocycles. The Bertz CT molecular complexity index is 706. The molecule has 0 radical (unpaired) electrons. The number of hydrogen-bond donors (Lipinski definition) is 2. The summed E-state index contributed by atoms with van der Waals surface area (Å²) in [5, 5.41) is 5.08. The van der Waals surface area contributed by atoms with E-state index in [9.17, 15) is 13.6 Å². The topological polar surface area (TPSA) is 50.4 Å². The fourth-order valence-corrected chi connectivity index (χ4v) is 2.36. The Morgan fingerprint density at radius 1 is 1.18 bits per heavy atom. The predicted molar refractivity (Wildman–Crippen MR) is 77.9 cm³/mol. The summed E-state index contributed by atoms with van der Waals surface area (Å²) in [5.74, 6) is -0.702. The minimum absolute atomic E-state index is 0.0731. The Morgan fingerprint density at radius 2 is 2.00 bits per heavy atom. The third-order valence-corrected chi connectivity index (χ3v) is 3.39. The van der Waals surface area contributed by atoms with Crippen LogP contribution >= 0.6 is 0 Å². The van der Waals surface area contributed by atoms with Gasteiger partial charge in [0.25, 0.3) is 0 Å². The van der Waals surface area contributed by atoms with E-state index in [-0.39, 0.29) is 11.7 Å². The molecule has 2 aromatic carbocycles. The van der Waals surface area contributed by atoms with Crippen LogP contribution in [-0.2, 0) is 6.42 Å². The number of anilines is 1. The second-order valence-electron chi connectivity index (χ2n) is 5.04. The first-order valence-electron chi connectivity index (χ1n) is 6.85. The van der Waals surface area contributed by atoms with Crippen LogP contribution in [0.15, 0.2) is 42.5 Å². The molecule has 6 heteroatoms. The highest BCUT2D eigenvalue weighted by Gasteiger charge is 2.21. The van der Waals surface area contributed by atoms with Crippen LogP contribution in [0, 0.1) is 11.6 Å². The SMILES string of the molecule is O=C(Nc1ccc(F)cc1F)NC1COc2ccccc2C1. The maximum absolute atomic E-state index is 13.5. The number of amides is 2. The van der Waals surface area contributed by atoms with Crippen LogP contribution in [0.4, 0.5) is 19.3 Å². The summed E-state index contributed by atoms with van der Waals surface area (Å²) in [6.45, 7) is 0.344. The number of fused-ring (bicyclic) bond motifs is 1. The smallest absolute Gasteiger partial charge is 0.319 e. The zero-order valence-corrected chi connectivity index (χ0v) is 11.6. The molecule has 1 aliphatic heterocycles. The van der Waals surface area contributed by atoms with E-state index in [0.29, 0.717) is 13.0 Å². The number of nitrogens with one attached hydrogen (secondary N) is 2. The molecular formula is C16H14F2N2O2. The van der Waals surface area contributed by atoms with E-state index in [4.69, 9.17) is 4.74 Å². The molecular weight excluding hydrogens is 290 g/mol. The Labute approximate surface area is 126 Å². The maximum atomic E-state index is 13.5. The number of halogens is 2. The fraction of sp³-hybridized carbons (Fsp3) is 0.188. The number of para-hydroxylation sites is 1. The first-order chi connectivity index (χ1) is 10.6. The van der Waals surface area contributed by atoms with Gasteiger partial charge in [0.05, 0.1) is 11.7 Å². The highest BCUT2D eigenvalue weighted by Crippen LogP contribution is 2.24. The summed E-state index contributed by atoms with van der Waals surface area (Å²) in [4.78, 5) is 11.9. The molecule has 0 saturated carbocycles. The zero-order chi connectivity index (χ0) is 15.5. The molecule has 2 aromatic rings. The minimum Gasteiger partial charge on any atom is -0.491 e. The number of rotatable bonds is 2. The van der Waals surface area contributed by atoms with E-state index in [2.05, 4.69) is 10.6 Å². The van der Waals surface area contributed by atoms with E-state index < -0.39 is 17.7 Å². The summed E-state index contributed by atoms with van der Waals surface area (Å²) in [7, 11) is 0. The Hall–Kier alpha value is -2.63. The lowest BCUT2D eigenvalue weighted by molar-refractivity contribution is 0.222. The van der Waals surface area contributed by atoms with Crippen LogP contribution in [0.2, 0.25) is 0 Å². The van der Waals surface area contributed by atoms with Crippen molar-refractivity contribution in [1.82, 2.24) is 5.32 Å². The standard InChI is InChI=1S/C16H14F2N2O2/c17-11-5-6-14(13(18)8-11)20-16(21)19-12-7-10-3-1-2-4-15(10)22-9-12/h1-6,8,12H,7,9H2,(H2,19,20,21). The number of hydrogen-bond acceptors (Lipinski definition) is 2. The lowest BCUT2D eigenvalue weighted by Crippen LogP contribution is -2.44. The molecule has 114 valence electrons. The van der Waals surface area contributed by atoms with Gasteiger partial charge in [-0.3, -0.25) is 0 Å². The molecule has 4 nitrogen and oxygen atoms in total. The van der Waals surface area contributed by atoms with E-state index >= 15 is 0 Å². The van der Waals surface area contributed by atoms with Crippen molar-refractivity contribution in [3.05, 3.63) is 59.7 Å². The van der Waals surface area contributed by atoms with E-state index in [1.165, 1.54) is 6.07 Å². The molecule has 0 spiro atoms. The fourth-order valence-electron chi connectivity index (χ4n) is 2.36. The van der Waals surface area contributed by atoms with Crippen molar-refractivity contribution in [2.24, 2.45) is 0 Å². The van der Waals surface area contributed by atoms with Crippen LogP contribution in [0.1, 0.15) is 5.56 Å². The van der Waals surface area contributed by atoms with Gasteiger partial charge in [-0.1, -0.05) is 18.2 Å². The van der Waals surface area contributed by atoms with Crippen molar-refractivity contribution in [3.8, 4) is 5.75 Å². The van der Waals surface area contributed by atoms with Crippen LogP contribution < -0.4 is 15.4 Å². The largest absolute Gasteiger partial charge is 0.491 e. The number of urea groups is 1. The summed E-state index contributed by atoms with van der Waals surface area (Å²) < 4.78 is 31.9. The van der Waals surface area contributed by atoms with Gasteiger partial charge < -0.3 is 15.4 Å². The number of benzene rings is 2. The van der Waals surface area contributed by atoms with Crippen molar-refractivity contribution >= 4 is 11.7 Å². The minimum atomic E-state index is -0.819. The maximum Gasteiger partial charge on any atom is 0.319 e. The highest BCUT2D eigenvalue weighted by atomic mass is 19.1. The third-order valence-electron chi connectivity index (χ3n) is 3.39. The Kier molecular flexibility index (Phi) is 3.91. The van der Waals surface area contributed by atoms with Crippen molar-refractivity contribution in [1.29, 1.82) is 0 Å². The summed E-state index contributed by atoms with van der Waals surface area (Å²) in [6.07, 6.45) is 0.634. The van der Waals surface area contributed by atoms with E-state index in [0.717, 1.165) is 23.4 Å². The van der Waals surface area contributed by atoms with Crippen LogP contribution in [0.25, 0.3) is 0 Å². The van der Waals surface area contributed by atoms with Crippen LogP contribution in [-0.4, -0.2) is 18.7 Å². The molecule has 0 aromatic heterocycles. The molecule has 0 bridgehead atoms. The quantitative estimate of drug-likeness (QED) is 0.896. The molecule has 0 saturated heterocycles. The summed E-state index contributed by atoms with van der Waals surface area (Å²) in [5.41, 5.74) is 0.933. The Balaban J connectivity index is 1.61. The van der Waals surface area contributed by atoms with Crippen molar-refractivity contribution in [2.45, 2.75) is 12.5 Å². The third kappa shape index (κ3) is 3.16. The van der Waals surface area contributed by atoms with Crippen LogP contribution in [0.3, 0.4) is 0 Å². The first-order valence-corrected chi connectivity index (χ1v) is 6.85. The molecule has 1 unspecified atom stereocenters. The van der Waals surface area contributed by atoms with Gasteiger partial charge in [-0.15, -0.1) is 0 Å². The lowest BCUT2D eigenvalue weighted by atomic mass is 10.0. The van der Waals surface area contributed by atoms with Gasteiger partial charge in [0, 0.05) is 6.07 Å². The van der Waals surface area contributed by atoms with Gasteiger partial charge in [-0.2, -0.15) is 0 Å². The molecule has 22 heavy (non-hydrogen) atoms. The van der Waals surface area contributed by atoms with Gasteiger partial charge in [-0.25, -0.2) is 13.6 Å². The number of carbonyl (C=O) groups is 1. The monoisotopic (exact) mass is 304 g/mol. The molecule has 2 amide bonds. The molecule has 2 N–H and O–H groups in total. The summed E-state index contributed by atoms with van der Waals surface area (Å²) in [6, 6.07) is 9.80. The van der Waals surface area contributed by atoms with Crippen LogP contribution in [0.5, 0.6) is 5.75 Å². The van der Waals surface area contributed by atoms with E-state index in [1.807, 2.05) is 24.3 Å². The lowest BCUT2D eigenvalue weighted by Gasteiger charge is -2.26. The highest BCUT2D eigenvalue weighted by molar-refractivity contribution is 5.89. The predicted octanol–water partition coefficient (Wildman–Crippen LogP) is 3.09. The van der Waals surface area contributed by atoms with Gasteiger partial charge in [0.2, 0.25) is 0 Å². The molecule has 1 atom stereocenters. The summed E-state index contributed by atoms with van der Waals surface area (Å²) >= 11 is 0.